The van der Waals surface area contributed by atoms with Gasteiger partial charge in [0.25, 0.3) is 0 Å². The highest BCUT2D eigenvalue weighted by atomic mass is 32.2. The van der Waals surface area contributed by atoms with Gasteiger partial charge in [0.05, 0.1) is 18.2 Å². The zero-order chi connectivity index (χ0) is 13.6. The van der Waals surface area contributed by atoms with Crippen molar-refractivity contribution in [2.45, 2.75) is 12.5 Å². The lowest BCUT2D eigenvalue weighted by Gasteiger charge is -2.14. The van der Waals surface area contributed by atoms with Crippen LogP contribution in [-0.4, -0.2) is 25.2 Å². The molecule has 0 aliphatic carbocycles. The summed E-state index contributed by atoms with van der Waals surface area (Å²) in [5.41, 5.74) is 0.338. The van der Waals surface area contributed by atoms with Crippen LogP contribution >= 0.6 is 0 Å². The summed E-state index contributed by atoms with van der Waals surface area (Å²) in [6.07, 6.45) is -0.184. The predicted octanol–water partition coefficient (Wildman–Crippen LogP) is 0.645. The number of hydrogen-bond acceptors (Lipinski definition) is 4. The first-order chi connectivity index (χ1) is 8.46. The molecular formula is C11H12N2O4S. The minimum Gasteiger partial charge on any atom is -0.480 e. The summed E-state index contributed by atoms with van der Waals surface area (Å²) in [6, 6.07) is 8.34. The second kappa shape index (κ2) is 6.14. The fourth-order valence-electron chi connectivity index (χ4n) is 1.33. The number of aliphatic carboxylic acids is 1. The Hall–Kier alpha value is -1.91. The monoisotopic (exact) mass is 268 g/mol. The highest BCUT2D eigenvalue weighted by Gasteiger charge is 2.25. The van der Waals surface area contributed by atoms with E-state index in [9.17, 15) is 13.2 Å². The topological polar surface area (TPSA) is 107 Å². The van der Waals surface area contributed by atoms with Crippen molar-refractivity contribution in [3.05, 3.63) is 35.9 Å². The van der Waals surface area contributed by atoms with Crippen molar-refractivity contribution in [2.24, 2.45) is 0 Å². The van der Waals surface area contributed by atoms with Gasteiger partial charge in [-0.1, -0.05) is 30.3 Å². The maximum Gasteiger partial charge on any atom is 0.326 e. The molecule has 0 radical (unpaired) electrons. The van der Waals surface area contributed by atoms with E-state index in [0.29, 0.717) is 5.56 Å². The molecule has 0 unspecified atom stereocenters. The van der Waals surface area contributed by atoms with E-state index in [0.717, 1.165) is 0 Å². The van der Waals surface area contributed by atoms with Crippen LogP contribution in [0.25, 0.3) is 0 Å². The number of carboxylic acids is 1. The minimum absolute atomic E-state index is 0.184. The lowest BCUT2D eigenvalue weighted by molar-refractivity contribution is -0.139. The molecule has 1 rings (SSSR count). The van der Waals surface area contributed by atoms with E-state index in [1.807, 2.05) is 0 Å². The minimum atomic E-state index is -3.79. The SMILES string of the molecule is N#CCCS(=O)(=O)N[C@@H](C(=O)O)c1ccccc1. The number of nitrogens with zero attached hydrogens (tertiary/aromatic N) is 1. The largest absolute Gasteiger partial charge is 0.480 e. The van der Waals surface area contributed by atoms with Crippen molar-refractivity contribution in [2.75, 3.05) is 5.75 Å². The van der Waals surface area contributed by atoms with E-state index in [1.54, 1.807) is 24.3 Å². The summed E-state index contributed by atoms with van der Waals surface area (Å²) in [6.45, 7) is 0. The van der Waals surface area contributed by atoms with Crippen LogP contribution < -0.4 is 4.72 Å². The molecule has 0 saturated carbocycles. The first-order valence-corrected chi connectivity index (χ1v) is 6.76. The van der Waals surface area contributed by atoms with E-state index in [-0.39, 0.29) is 6.42 Å². The van der Waals surface area contributed by atoms with Crippen LogP contribution in [0.2, 0.25) is 0 Å². The van der Waals surface area contributed by atoms with E-state index in [4.69, 9.17) is 10.4 Å². The van der Waals surface area contributed by atoms with E-state index in [2.05, 4.69) is 4.72 Å². The second-order valence-corrected chi connectivity index (χ2v) is 5.40. The third kappa shape index (κ3) is 4.16. The van der Waals surface area contributed by atoms with Gasteiger partial charge in [-0.05, 0) is 5.56 Å². The average Bonchev–Trinajstić information content (AvgIpc) is 2.34. The molecule has 0 fully saturated rings. The molecule has 0 heterocycles. The van der Waals surface area contributed by atoms with Crippen LogP contribution in [0.1, 0.15) is 18.0 Å². The Kier molecular flexibility index (Phi) is 4.83. The molecule has 0 saturated heterocycles. The Morgan fingerprint density at radius 3 is 2.50 bits per heavy atom. The van der Waals surface area contributed by atoms with Crippen LogP contribution in [0.4, 0.5) is 0 Å². The molecule has 1 aromatic rings. The number of rotatable bonds is 6. The van der Waals surface area contributed by atoms with Crippen molar-refractivity contribution in [3.8, 4) is 6.07 Å². The number of carboxylic acid groups (broad SMARTS) is 1. The molecule has 0 amide bonds. The third-order valence-corrected chi connectivity index (χ3v) is 3.50. The molecule has 6 nitrogen and oxygen atoms in total. The number of hydrogen-bond donors (Lipinski definition) is 2. The molecule has 0 aliphatic heterocycles. The Balaban J connectivity index is 2.90. The zero-order valence-corrected chi connectivity index (χ0v) is 10.2. The van der Waals surface area contributed by atoms with Crippen LogP contribution in [0.15, 0.2) is 30.3 Å². The number of nitrogens with one attached hydrogen (secondary N) is 1. The van der Waals surface area contributed by atoms with Gasteiger partial charge in [-0.25, -0.2) is 8.42 Å². The lowest BCUT2D eigenvalue weighted by Crippen LogP contribution is -2.35. The van der Waals surface area contributed by atoms with Crippen LogP contribution in [0.5, 0.6) is 0 Å². The molecule has 96 valence electrons. The van der Waals surface area contributed by atoms with Crippen molar-refractivity contribution >= 4 is 16.0 Å². The Morgan fingerprint density at radius 2 is 2.00 bits per heavy atom. The highest BCUT2D eigenvalue weighted by Crippen LogP contribution is 2.14. The molecule has 1 aromatic carbocycles. The van der Waals surface area contributed by atoms with Gasteiger partial charge >= 0.3 is 5.97 Å². The number of sulfonamides is 1. The summed E-state index contributed by atoms with van der Waals surface area (Å²) in [7, 11) is -3.79. The van der Waals surface area contributed by atoms with E-state index in [1.165, 1.54) is 12.1 Å². The molecule has 0 aromatic heterocycles. The fraction of sp³-hybridized carbons (Fsp3) is 0.273. The summed E-state index contributed by atoms with van der Waals surface area (Å²) in [4.78, 5) is 11.1. The summed E-state index contributed by atoms with van der Waals surface area (Å²) in [5, 5.41) is 17.4. The van der Waals surface area contributed by atoms with E-state index < -0.39 is 27.8 Å². The number of carbonyl (C=O) groups is 1. The van der Waals surface area contributed by atoms with E-state index >= 15 is 0 Å². The van der Waals surface area contributed by atoms with Crippen molar-refractivity contribution in [1.82, 2.24) is 4.72 Å². The normalized spacial score (nSPS) is 12.6. The highest BCUT2D eigenvalue weighted by molar-refractivity contribution is 7.89. The first-order valence-electron chi connectivity index (χ1n) is 5.11. The Labute approximate surface area is 105 Å². The second-order valence-electron chi connectivity index (χ2n) is 3.53. The van der Waals surface area contributed by atoms with Gasteiger partial charge in [0.2, 0.25) is 10.0 Å². The first kappa shape index (κ1) is 14.2. The maximum atomic E-state index is 11.6. The molecular weight excluding hydrogens is 256 g/mol. The maximum absolute atomic E-state index is 11.6. The number of benzene rings is 1. The van der Waals surface area contributed by atoms with Crippen LogP contribution in [0, 0.1) is 11.3 Å². The molecule has 2 N–H and O–H groups in total. The molecule has 18 heavy (non-hydrogen) atoms. The predicted molar refractivity (Wildman–Crippen MR) is 64.0 cm³/mol. The Morgan fingerprint density at radius 1 is 1.39 bits per heavy atom. The van der Waals surface area contributed by atoms with Crippen LogP contribution in [-0.2, 0) is 14.8 Å². The van der Waals surface area contributed by atoms with Crippen molar-refractivity contribution < 1.29 is 18.3 Å². The summed E-state index contributed by atoms with van der Waals surface area (Å²) < 4.78 is 25.2. The zero-order valence-electron chi connectivity index (χ0n) is 9.41. The third-order valence-electron chi connectivity index (χ3n) is 2.16. The molecule has 0 aliphatic rings. The quantitative estimate of drug-likeness (QED) is 0.787. The van der Waals surface area contributed by atoms with Gasteiger partial charge in [0.1, 0.15) is 6.04 Å². The molecule has 0 spiro atoms. The molecule has 0 bridgehead atoms. The van der Waals surface area contributed by atoms with Gasteiger partial charge in [0.15, 0.2) is 0 Å². The van der Waals surface area contributed by atoms with Gasteiger partial charge in [-0.3, -0.25) is 4.79 Å². The fourth-order valence-corrected chi connectivity index (χ4v) is 2.40. The standard InChI is InChI=1S/C11H12N2O4S/c12-7-4-8-18(16,17)13-10(11(14)15)9-5-2-1-3-6-9/h1-3,5-6,10,13H,4,8H2,(H,14,15)/t10-/m1/s1. The van der Waals surface area contributed by atoms with Crippen molar-refractivity contribution in [1.29, 1.82) is 5.26 Å². The van der Waals surface area contributed by atoms with Crippen LogP contribution in [0.3, 0.4) is 0 Å². The van der Waals surface area contributed by atoms with Crippen molar-refractivity contribution in [3.63, 3.8) is 0 Å². The van der Waals surface area contributed by atoms with Gasteiger partial charge in [-0.15, -0.1) is 0 Å². The number of nitriles is 1. The van der Waals surface area contributed by atoms with Gasteiger partial charge < -0.3 is 5.11 Å². The summed E-state index contributed by atoms with van der Waals surface area (Å²) >= 11 is 0. The summed E-state index contributed by atoms with van der Waals surface area (Å²) in [5.74, 6) is -1.71. The van der Waals surface area contributed by atoms with Gasteiger partial charge in [-0.2, -0.15) is 9.98 Å². The van der Waals surface area contributed by atoms with Gasteiger partial charge in [0, 0.05) is 0 Å². The average molecular weight is 268 g/mol. The smallest absolute Gasteiger partial charge is 0.326 e. The lowest BCUT2D eigenvalue weighted by atomic mass is 10.1. The Bertz CT molecular complexity index is 548. The molecule has 1 atom stereocenters. The molecule has 7 heteroatoms.